The zero-order valence-electron chi connectivity index (χ0n) is 22.8. The van der Waals surface area contributed by atoms with E-state index in [1.54, 1.807) is 17.2 Å². The summed E-state index contributed by atoms with van der Waals surface area (Å²) in [6.45, 7) is 9.51. The van der Waals surface area contributed by atoms with E-state index in [-0.39, 0.29) is 54.5 Å². The Labute approximate surface area is 256 Å². The van der Waals surface area contributed by atoms with Crippen molar-refractivity contribution in [3.63, 3.8) is 0 Å². The second-order valence-electron chi connectivity index (χ2n) is 10.2. The molecule has 2 heterocycles. The highest BCUT2D eigenvalue weighted by Gasteiger charge is 2.35. The van der Waals surface area contributed by atoms with Gasteiger partial charge in [0, 0.05) is 67.3 Å². The van der Waals surface area contributed by atoms with Crippen molar-refractivity contribution in [2.45, 2.75) is 49.6 Å². The van der Waals surface area contributed by atoms with Gasteiger partial charge < -0.3 is 9.64 Å². The van der Waals surface area contributed by atoms with Crippen molar-refractivity contribution in [1.29, 1.82) is 0 Å². The van der Waals surface area contributed by atoms with Crippen LogP contribution in [-0.2, 0) is 17.3 Å². The molecule has 0 unspecified atom stereocenters. The molecule has 0 radical (unpaired) electrons. The minimum Gasteiger partial charge on any atom is -0.373 e. The fraction of sp³-hybridized carbons (Fsp3) is 0.536. The van der Waals surface area contributed by atoms with Crippen LogP contribution in [-0.4, -0.2) is 90.9 Å². The zero-order valence-corrected chi connectivity index (χ0v) is 26.0. The number of alkyl halides is 3. The van der Waals surface area contributed by atoms with Gasteiger partial charge in [-0.1, -0.05) is 23.7 Å². The van der Waals surface area contributed by atoms with E-state index in [2.05, 4.69) is 23.6 Å². The average Bonchev–Trinajstić information content (AvgIpc) is 2.87. The standard InChI is InChI=1S/C28H35ClF3N3O2S.2ClH/c1-19-16-34(17-20(2)37-19)9-8-33-10-11-35(25(18-33)12-21-4-6-24(29)7-5-21)27(36)22-13-23(28(30,31)32)15-26(14-22)38-3;;/h4-7,13-15,19-20,25H,8-12,16-18H2,1-3H3;2*1H/t19-,20+,25-;;/m1../s1. The molecular weight excluding hydrogens is 606 g/mol. The molecule has 5 nitrogen and oxygen atoms in total. The highest BCUT2D eigenvalue weighted by atomic mass is 35.5. The smallest absolute Gasteiger partial charge is 0.373 e. The zero-order chi connectivity index (χ0) is 27.4. The van der Waals surface area contributed by atoms with Crippen LogP contribution in [0.5, 0.6) is 0 Å². The lowest BCUT2D eigenvalue weighted by molar-refractivity contribution is -0.137. The maximum absolute atomic E-state index is 13.7. The lowest BCUT2D eigenvalue weighted by atomic mass is 10.00. The van der Waals surface area contributed by atoms with Gasteiger partial charge in [0.25, 0.3) is 5.91 Å². The van der Waals surface area contributed by atoms with Gasteiger partial charge >= 0.3 is 6.18 Å². The van der Waals surface area contributed by atoms with Crippen molar-refractivity contribution < 1.29 is 22.7 Å². The Kier molecular flexibility index (Phi) is 13.4. The Balaban J connectivity index is 0.00000280. The lowest BCUT2D eigenvalue weighted by Gasteiger charge is -2.43. The number of nitrogens with zero attached hydrogens (tertiary/aromatic N) is 3. The Bertz CT molecular complexity index is 1100. The number of halogens is 6. The monoisotopic (exact) mass is 641 g/mol. The number of morpholine rings is 1. The third-order valence-corrected chi connectivity index (χ3v) is 8.12. The van der Waals surface area contributed by atoms with Crippen LogP contribution in [0.1, 0.15) is 35.3 Å². The van der Waals surface area contributed by atoms with Gasteiger partial charge in [-0.05, 0) is 62.4 Å². The maximum atomic E-state index is 13.7. The van der Waals surface area contributed by atoms with Crippen LogP contribution in [0.4, 0.5) is 13.2 Å². The van der Waals surface area contributed by atoms with E-state index < -0.39 is 11.7 Å². The number of amides is 1. The maximum Gasteiger partial charge on any atom is 0.416 e. The van der Waals surface area contributed by atoms with Crippen molar-refractivity contribution >= 4 is 54.1 Å². The molecule has 2 aromatic carbocycles. The van der Waals surface area contributed by atoms with Gasteiger partial charge in [0.2, 0.25) is 0 Å². The molecule has 0 saturated carbocycles. The molecule has 2 aromatic rings. The van der Waals surface area contributed by atoms with E-state index >= 15 is 0 Å². The van der Waals surface area contributed by atoms with E-state index in [0.29, 0.717) is 36.0 Å². The van der Waals surface area contributed by atoms with Crippen LogP contribution in [0.15, 0.2) is 47.4 Å². The average molecular weight is 643 g/mol. The minimum absolute atomic E-state index is 0. The Morgan fingerprint density at radius 1 is 0.975 bits per heavy atom. The highest BCUT2D eigenvalue weighted by Crippen LogP contribution is 2.33. The number of rotatable bonds is 7. The van der Waals surface area contributed by atoms with Crippen LogP contribution >= 0.6 is 48.2 Å². The number of piperazine rings is 1. The molecule has 3 atom stereocenters. The van der Waals surface area contributed by atoms with Crippen molar-refractivity contribution in [1.82, 2.24) is 14.7 Å². The van der Waals surface area contributed by atoms with Gasteiger partial charge in [-0.2, -0.15) is 13.2 Å². The summed E-state index contributed by atoms with van der Waals surface area (Å²) in [4.78, 5) is 20.6. The second-order valence-corrected chi connectivity index (χ2v) is 11.6. The molecule has 2 aliphatic heterocycles. The first-order chi connectivity index (χ1) is 18.0. The topological polar surface area (TPSA) is 36.0 Å². The Morgan fingerprint density at radius 3 is 2.20 bits per heavy atom. The van der Waals surface area contributed by atoms with E-state index in [4.69, 9.17) is 16.3 Å². The van der Waals surface area contributed by atoms with Crippen molar-refractivity contribution in [3.05, 3.63) is 64.2 Å². The highest BCUT2D eigenvalue weighted by molar-refractivity contribution is 7.98. The number of carbonyl (C=O) groups is 1. The van der Waals surface area contributed by atoms with E-state index in [0.717, 1.165) is 43.9 Å². The fourth-order valence-corrected chi connectivity index (χ4v) is 5.99. The van der Waals surface area contributed by atoms with Crippen LogP contribution in [0.2, 0.25) is 5.02 Å². The van der Waals surface area contributed by atoms with Crippen LogP contribution in [0, 0.1) is 0 Å². The normalized spacial score (nSPS) is 22.4. The molecule has 0 N–H and O–H groups in total. The van der Waals surface area contributed by atoms with E-state index in [9.17, 15) is 18.0 Å². The first-order valence-corrected chi connectivity index (χ1v) is 14.5. The van der Waals surface area contributed by atoms with Gasteiger partial charge in [0.1, 0.15) is 0 Å². The summed E-state index contributed by atoms with van der Waals surface area (Å²) in [5.74, 6) is -0.360. The van der Waals surface area contributed by atoms with E-state index in [1.165, 1.54) is 11.8 Å². The predicted molar refractivity (Wildman–Crippen MR) is 161 cm³/mol. The van der Waals surface area contributed by atoms with Crippen LogP contribution in [0.3, 0.4) is 0 Å². The lowest BCUT2D eigenvalue weighted by Crippen LogP contribution is -2.57. The fourth-order valence-electron chi connectivity index (χ4n) is 5.38. The van der Waals surface area contributed by atoms with Gasteiger partial charge in [-0.15, -0.1) is 36.6 Å². The Hall–Kier alpha value is -1.20. The summed E-state index contributed by atoms with van der Waals surface area (Å²) >= 11 is 7.27. The third kappa shape index (κ3) is 9.41. The molecule has 2 saturated heterocycles. The first kappa shape index (κ1) is 35.0. The summed E-state index contributed by atoms with van der Waals surface area (Å²) in [5.41, 5.74) is 0.313. The molecule has 12 heteroatoms. The molecule has 224 valence electrons. The first-order valence-electron chi connectivity index (χ1n) is 12.9. The minimum atomic E-state index is -4.52. The number of hydrogen-bond donors (Lipinski definition) is 0. The summed E-state index contributed by atoms with van der Waals surface area (Å²) < 4.78 is 46.5. The van der Waals surface area contributed by atoms with Gasteiger partial charge in [0.15, 0.2) is 0 Å². The summed E-state index contributed by atoms with van der Waals surface area (Å²) in [6, 6.07) is 11.0. The van der Waals surface area contributed by atoms with Gasteiger partial charge in [-0.3, -0.25) is 14.6 Å². The second kappa shape index (κ2) is 15.3. The van der Waals surface area contributed by atoms with Crippen molar-refractivity contribution in [2.75, 3.05) is 52.1 Å². The molecule has 0 aliphatic carbocycles. The summed E-state index contributed by atoms with van der Waals surface area (Å²) in [5, 5.41) is 0.634. The molecule has 0 bridgehead atoms. The summed E-state index contributed by atoms with van der Waals surface area (Å²) in [6.07, 6.45) is -1.81. The molecule has 1 amide bonds. The molecule has 0 aromatic heterocycles. The SMILES string of the molecule is CSc1cc(C(=O)N2CCN(CCN3C[C@@H](C)O[C@@H](C)C3)C[C@H]2Cc2ccc(Cl)cc2)cc(C(F)(F)F)c1.Cl.Cl. The van der Waals surface area contributed by atoms with Crippen LogP contribution in [0.25, 0.3) is 0 Å². The van der Waals surface area contributed by atoms with Crippen molar-refractivity contribution in [3.8, 4) is 0 Å². The van der Waals surface area contributed by atoms with Gasteiger partial charge in [-0.25, -0.2) is 0 Å². The van der Waals surface area contributed by atoms with Crippen LogP contribution < -0.4 is 0 Å². The number of hydrogen-bond acceptors (Lipinski definition) is 5. The largest absolute Gasteiger partial charge is 0.416 e. The quantitative estimate of drug-likeness (QED) is 0.327. The van der Waals surface area contributed by atoms with Gasteiger partial charge in [0.05, 0.1) is 17.8 Å². The molecule has 40 heavy (non-hydrogen) atoms. The number of benzene rings is 2. The number of carbonyl (C=O) groups excluding carboxylic acids is 1. The molecule has 0 spiro atoms. The predicted octanol–water partition coefficient (Wildman–Crippen LogP) is 6.40. The van der Waals surface area contributed by atoms with E-state index in [1.807, 2.05) is 24.3 Å². The molecular formula is C28H37Cl3F3N3O2S. The molecule has 2 aliphatic rings. The molecule has 2 fully saturated rings. The molecule has 4 rings (SSSR count). The van der Waals surface area contributed by atoms with Crippen molar-refractivity contribution in [2.24, 2.45) is 0 Å². The number of ether oxygens (including phenoxy) is 1. The number of thioether (sulfide) groups is 1. The Morgan fingerprint density at radius 2 is 1.60 bits per heavy atom. The summed E-state index contributed by atoms with van der Waals surface area (Å²) in [7, 11) is 0. The third-order valence-electron chi connectivity index (χ3n) is 7.16.